The van der Waals surface area contributed by atoms with Gasteiger partial charge in [-0.3, -0.25) is 14.5 Å². The predicted molar refractivity (Wildman–Crippen MR) is 121 cm³/mol. The van der Waals surface area contributed by atoms with Crippen molar-refractivity contribution in [1.29, 1.82) is 0 Å². The van der Waals surface area contributed by atoms with Crippen molar-refractivity contribution in [2.24, 2.45) is 17.4 Å². The molecule has 10 heteroatoms. The van der Waals surface area contributed by atoms with Crippen LogP contribution in [-0.2, 0) is 17.8 Å². The highest BCUT2D eigenvalue weighted by Gasteiger charge is 2.23. The predicted octanol–water partition coefficient (Wildman–Crippen LogP) is 2.44. The molecule has 160 valence electrons. The van der Waals surface area contributed by atoms with Gasteiger partial charge in [0, 0.05) is 30.0 Å². The van der Waals surface area contributed by atoms with Gasteiger partial charge in [0.05, 0.1) is 5.01 Å². The second kappa shape index (κ2) is 12.1. The largest absolute Gasteiger partial charge is 0.369 e. The lowest BCUT2D eigenvalue weighted by Crippen LogP contribution is -2.38. The highest BCUT2D eigenvalue weighted by atomic mass is 35.5. The van der Waals surface area contributed by atoms with E-state index in [4.69, 9.17) is 11.5 Å². The minimum Gasteiger partial charge on any atom is -0.369 e. The van der Waals surface area contributed by atoms with Crippen LogP contribution >= 0.6 is 36.2 Å². The molecule has 0 bridgehead atoms. The maximum absolute atomic E-state index is 12.4. The van der Waals surface area contributed by atoms with Gasteiger partial charge in [-0.1, -0.05) is 12.1 Å². The van der Waals surface area contributed by atoms with Crippen LogP contribution in [0.5, 0.6) is 0 Å². The molecule has 0 radical (unpaired) electrons. The van der Waals surface area contributed by atoms with Gasteiger partial charge in [-0.2, -0.15) is 0 Å². The van der Waals surface area contributed by atoms with Crippen molar-refractivity contribution in [3.05, 3.63) is 45.9 Å². The van der Waals surface area contributed by atoms with Crippen molar-refractivity contribution in [1.82, 2.24) is 9.88 Å². The summed E-state index contributed by atoms with van der Waals surface area (Å²) >= 11 is 1.45. The fourth-order valence-electron chi connectivity index (χ4n) is 3.23. The number of amides is 2. The van der Waals surface area contributed by atoms with Gasteiger partial charge in [-0.25, -0.2) is 4.98 Å². The molecule has 1 aliphatic rings. The van der Waals surface area contributed by atoms with Gasteiger partial charge >= 0.3 is 0 Å². The number of carbonyl (C=O) groups is 2. The molecule has 0 unspecified atom stereocenters. The zero-order valence-electron chi connectivity index (χ0n) is 16.0. The Morgan fingerprint density at radius 3 is 2.62 bits per heavy atom. The number of nitrogens with two attached hydrogens (primary N) is 2. The molecule has 7 nitrogen and oxygen atoms in total. The smallest absolute Gasteiger partial charge is 0.275 e. The number of rotatable bonds is 7. The fraction of sp³-hybridized carbons (Fsp3) is 0.421. The van der Waals surface area contributed by atoms with E-state index >= 15 is 0 Å². The Morgan fingerprint density at radius 1 is 1.24 bits per heavy atom. The van der Waals surface area contributed by atoms with Gasteiger partial charge in [0.2, 0.25) is 5.91 Å². The second-order valence-corrected chi connectivity index (χ2v) is 7.72. The van der Waals surface area contributed by atoms with Gasteiger partial charge in [-0.05, 0) is 50.2 Å². The summed E-state index contributed by atoms with van der Waals surface area (Å²) in [5, 5.41) is 5.54. The molecule has 3 rings (SSSR count). The standard InChI is InChI=1S/C19H25N5O2S.2ClH/c20-7-4-17-23-16(12-27-17)19(26)22-15-3-1-2-13(10-15)11-24-8-5-14(6-9-24)18(21)25;;/h1-3,10,12,14H,4-9,11,20H2,(H2,21,25)(H,22,26);2*1H. The number of benzene rings is 1. The zero-order valence-corrected chi connectivity index (χ0v) is 18.5. The Labute approximate surface area is 187 Å². The molecular formula is C19H27Cl2N5O2S. The summed E-state index contributed by atoms with van der Waals surface area (Å²) in [6.07, 6.45) is 2.29. The summed E-state index contributed by atoms with van der Waals surface area (Å²) in [6, 6.07) is 7.82. The van der Waals surface area contributed by atoms with E-state index in [0.717, 1.165) is 48.7 Å². The number of likely N-dealkylation sites (tertiary alicyclic amines) is 1. The van der Waals surface area contributed by atoms with Gasteiger partial charge in [-0.15, -0.1) is 36.2 Å². The summed E-state index contributed by atoms with van der Waals surface area (Å²) in [5.41, 5.74) is 13.2. The molecular weight excluding hydrogens is 433 g/mol. The Bertz CT molecular complexity index is 809. The van der Waals surface area contributed by atoms with Crippen LogP contribution in [0.15, 0.2) is 29.6 Å². The van der Waals surface area contributed by atoms with Crippen LogP contribution in [0.4, 0.5) is 5.69 Å². The Kier molecular flexibility index (Phi) is 10.6. The molecule has 5 N–H and O–H groups in total. The van der Waals surface area contributed by atoms with E-state index in [9.17, 15) is 9.59 Å². The molecule has 0 aliphatic carbocycles. The van der Waals surface area contributed by atoms with Crippen molar-refractivity contribution in [3.8, 4) is 0 Å². The number of piperidine rings is 1. The van der Waals surface area contributed by atoms with Crippen molar-refractivity contribution in [3.63, 3.8) is 0 Å². The van der Waals surface area contributed by atoms with Crippen molar-refractivity contribution < 1.29 is 9.59 Å². The number of nitrogens with zero attached hydrogens (tertiary/aromatic N) is 2. The van der Waals surface area contributed by atoms with Crippen molar-refractivity contribution in [2.45, 2.75) is 25.8 Å². The molecule has 2 heterocycles. The van der Waals surface area contributed by atoms with Gasteiger partial charge < -0.3 is 16.8 Å². The molecule has 1 fully saturated rings. The number of primary amides is 1. The van der Waals surface area contributed by atoms with Crippen LogP contribution in [-0.4, -0.2) is 41.3 Å². The lowest BCUT2D eigenvalue weighted by Gasteiger charge is -2.30. The summed E-state index contributed by atoms with van der Waals surface area (Å²) in [7, 11) is 0. The maximum Gasteiger partial charge on any atom is 0.275 e. The number of nitrogens with one attached hydrogen (secondary N) is 1. The number of hydrogen-bond acceptors (Lipinski definition) is 6. The van der Waals surface area contributed by atoms with Crippen molar-refractivity contribution >= 4 is 53.7 Å². The number of hydrogen-bond donors (Lipinski definition) is 3. The fourth-order valence-corrected chi connectivity index (χ4v) is 4.02. The average Bonchev–Trinajstić information content (AvgIpc) is 3.12. The Balaban J connectivity index is 0.00000210. The topological polar surface area (TPSA) is 114 Å². The molecule has 2 amide bonds. The van der Waals surface area contributed by atoms with E-state index < -0.39 is 0 Å². The van der Waals surface area contributed by atoms with E-state index in [1.165, 1.54) is 11.3 Å². The highest BCUT2D eigenvalue weighted by Crippen LogP contribution is 2.20. The average molecular weight is 460 g/mol. The van der Waals surface area contributed by atoms with Crippen LogP contribution in [0.3, 0.4) is 0 Å². The van der Waals surface area contributed by atoms with Crippen LogP contribution in [0.2, 0.25) is 0 Å². The zero-order chi connectivity index (χ0) is 19.2. The number of aromatic nitrogens is 1. The summed E-state index contributed by atoms with van der Waals surface area (Å²) < 4.78 is 0. The van der Waals surface area contributed by atoms with Crippen LogP contribution < -0.4 is 16.8 Å². The first-order valence-corrected chi connectivity index (χ1v) is 9.99. The summed E-state index contributed by atoms with van der Waals surface area (Å²) in [4.78, 5) is 30.3. The van der Waals surface area contributed by atoms with Crippen LogP contribution in [0.25, 0.3) is 0 Å². The third kappa shape index (κ3) is 7.24. The minimum absolute atomic E-state index is 0. The van der Waals surface area contributed by atoms with E-state index in [1.54, 1.807) is 5.38 Å². The van der Waals surface area contributed by atoms with E-state index in [2.05, 4.69) is 15.2 Å². The van der Waals surface area contributed by atoms with Crippen LogP contribution in [0.1, 0.15) is 33.9 Å². The first kappa shape index (κ1) is 25.3. The van der Waals surface area contributed by atoms with Crippen LogP contribution in [0, 0.1) is 5.92 Å². The Morgan fingerprint density at radius 2 is 1.97 bits per heavy atom. The molecule has 2 aromatic rings. The lowest BCUT2D eigenvalue weighted by molar-refractivity contribution is -0.123. The van der Waals surface area contributed by atoms with E-state index in [-0.39, 0.29) is 42.5 Å². The molecule has 0 spiro atoms. The SMILES string of the molecule is Cl.Cl.NCCc1nc(C(=O)Nc2cccc(CN3CCC(C(N)=O)CC3)c2)cs1. The quantitative estimate of drug-likeness (QED) is 0.587. The van der Waals surface area contributed by atoms with Gasteiger partial charge in [0.15, 0.2) is 0 Å². The van der Waals surface area contributed by atoms with Gasteiger partial charge in [0.25, 0.3) is 5.91 Å². The first-order chi connectivity index (χ1) is 13.0. The van der Waals surface area contributed by atoms with E-state index in [1.807, 2.05) is 24.3 Å². The molecule has 1 saturated heterocycles. The Hall–Kier alpha value is -1.71. The molecule has 1 aliphatic heterocycles. The molecule has 1 aromatic carbocycles. The normalized spacial score (nSPS) is 14.5. The first-order valence-electron chi connectivity index (χ1n) is 9.11. The monoisotopic (exact) mass is 459 g/mol. The van der Waals surface area contributed by atoms with E-state index in [0.29, 0.717) is 18.7 Å². The molecule has 1 aromatic heterocycles. The lowest BCUT2D eigenvalue weighted by atomic mass is 9.96. The molecule has 0 saturated carbocycles. The second-order valence-electron chi connectivity index (χ2n) is 6.77. The molecule has 29 heavy (non-hydrogen) atoms. The highest BCUT2D eigenvalue weighted by molar-refractivity contribution is 7.09. The number of halogens is 2. The summed E-state index contributed by atoms with van der Waals surface area (Å²) in [6.45, 7) is 3.01. The number of carbonyl (C=O) groups excluding carboxylic acids is 2. The van der Waals surface area contributed by atoms with Crippen molar-refractivity contribution in [2.75, 3.05) is 25.0 Å². The maximum atomic E-state index is 12.4. The van der Waals surface area contributed by atoms with Gasteiger partial charge in [0.1, 0.15) is 5.69 Å². The minimum atomic E-state index is -0.214. The third-order valence-corrected chi connectivity index (χ3v) is 5.63. The number of anilines is 1. The summed E-state index contributed by atoms with van der Waals surface area (Å²) in [5.74, 6) is -0.417. The molecule has 0 atom stereocenters. The third-order valence-electron chi connectivity index (χ3n) is 4.72. The number of thiazole rings is 1.